The van der Waals surface area contributed by atoms with Gasteiger partial charge in [-0.1, -0.05) is 11.6 Å². The fourth-order valence-electron chi connectivity index (χ4n) is 0.936. The summed E-state index contributed by atoms with van der Waals surface area (Å²) in [6, 6.07) is 1.73. The standard InChI is InChI=1S/C8H5ClFNO3/c1-4(12)6-2-5(11(13)14)3-7(9)8(6)10/h2-3H,1H3. The van der Waals surface area contributed by atoms with Crippen molar-refractivity contribution < 1.29 is 14.1 Å². The molecule has 0 saturated heterocycles. The maximum Gasteiger partial charge on any atom is 0.271 e. The minimum Gasteiger partial charge on any atom is -0.294 e. The molecule has 0 spiro atoms. The van der Waals surface area contributed by atoms with Crippen LogP contribution in [0.5, 0.6) is 0 Å². The van der Waals surface area contributed by atoms with Crippen molar-refractivity contribution in [1.29, 1.82) is 0 Å². The van der Waals surface area contributed by atoms with Crippen molar-refractivity contribution in [2.24, 2.45) is 0 Å². The minimum atomic E-state index is -0.926. The molecule has 0 amide bonds. The smallest absolute Gasteiger partial charge is 0.271 e. The molecule has 0 aliphatic carbocycles. The van der Waals surface area contributed by atoms with Crippen molar-refractivity contribution in [3.05, 3.63) is 38.7 Å². The van der Waals surface area contributed by atoms with Gasteiger partial charge in [0.25, 0.3) is 5.69 Å². The summed E-state index contributed by atoms with van der Waals surface area (Å²) in [5.41, 5.74) is -0.772. The van der Waals surface area contributed by atoms with Gasteiger partial charge in [-0.15, -0.1) is 0 Å². The number of carbonyl (C=O) groups excluding carboxylic acids is 1. The molecule has 0 N–H and O–H groups in total. The van der Waals surface area contributed by atoms with Crippen LogP contribution in [0, 0.1) is 15.9 Å². The van der Waals surface area contributed by atoms with E-state index in [4.69, 9.17) is 11.6 Å². The fourth-order valence-corrected chi connectivity index (χ4v) is 1.15. The first-order valence-corrected chi connectivity index (χ1v) is 3.95. The molecule has 0 unspecified atom stereocenters. The second-order valence-electron chi connectivity index (χ2n) is 2.60. The van der Waals surface area contributed by atoms with Crippen molar-refractivity contribution in [3.63, 3.8) is 0 Å². The van der Waals surface area contributed by atoms with Crippen LogP contribution >= 0.6 is 11.6 Å². The molecule has 6 heteroatoms. The molecule has 0 saturated carbocycles. The van der Waals surface area contributed by atoms with E-state index in [2.05, 4.69) is 0 Å². The lowest BCUT2D eigenvalue weighted by atomic mass is 10.1. The Morgan fingerprint density at radius 1 is 1.57 bits per heavy atom. The second-order valence-corrected chi connectivity index (χ2v) is 3.01. The average molecular weight is 218 g/mol. The van der Waals surface area contributed by atoms with Gasteiger partial charge in [-0.05, 0) is 6.92 Å². The molecule has 0 heterocycles. The van der Waals surface area contributed by atoms with Crippen molar-refractivity contribution in [3.8, 4) is 0 Å². The van der Waals surface area contributed by atoms with Gasteiger partial charge in [0.1, 0.15) is 0 Å². The summed E-state index contributed by atoms with van der Waals surface area (Å²) in [6.45, 7) is 1.11. The summed E-state index contributed by atoms with van der Waals surface area (Å²) >= 11 is 5.38. The Morgan fingerprint density at radius 2 is 2.14 bits per heavy atom. The van der Waals surface area contributed by atoms with Crippen molar-refractivity contribution in [2.45, 2.75) is 6.92 Å². The third-order valence-corrected chi connectivity index (χ3v) is 1.88. The maximum absolute atomic E-state index is 13.1. The van der Waals surface area contributed by atoms with E-state index in [9.17, 15) is 19.3 Å². The van der Waals surface area contributed by atoms with Gasteiger partial charge in [0.15, 0.2) is 11.6 Å². The molecule has 0 aromatic heterocycles. The Balaban J connectivity index is 3.43. The van der Waals surface area contributed by atoms with Crippen LogP contribution in [0.1, 0.15) is 17.3 Å². The van der Waals surface area contributed by atoms with Gasteiger partial charge in [-0.2, -0.15) is 0 Å². The van der Waals surface area contributed by atoms with Crippen molar-refractivity contribution >= 4 is 23.1 Å². The Morgan fingerprint density at radius 3 is 2.57 bits per heavy atom. The Hall–Kier alpha value is -1.49. The first-order chi connectivity index (χ1) is 6.43. The number of nitrogens with zero attached hydrogens (tertiary/aromatic N) is 1. The zero-order valence-electron chi connectivity index (χ0n) is 7.08. The number of hydrogen-bond donors (Lipinski definition) is 0. The van der Waals surface area contributed by atoms with E-state index in [0.29, 0.717) is 0 Å². The van der Waals surface area contributed by atoms with Crippen LogP contribution in [0.3, 0.4) is 0 Å². The monoisotopic (exact) mass is 217 g/mol. The molecule has 0 atom stereocenters. The summed E-state index contributed by atoms with van der Waals surface area (Å²) in [7, 11) is 0. The van der Waals surface area contributed by atoms with Gasteiger partial charge < -0.3 is 0 Å². The fraction of sp³-hybridized carbons (Fsp3) is 0.125. The molecule has 14 heavy (non-hydrogen) atoms. The second kappa shape index (κ2) is 3.71. The number of benzene rings is 1. The molecule has 0 radical (unpaired) electrons. The quantitative estimate of drug-likeness (QED) is 0.435. The van der Waals surface area contributed by atoms with E-state index < -0.39 is 27.2 Å². The highest BCUT2D eigenvalue weighted by atomic mass is 35.5. The Kier molecular flexibility index (Phi) is 2.81. The lowest BCUT2D eigenvalue weighted by molar-refractivity contribution is -0.384. The number of carbonyl (C=O) groups is 1. The van der Waals surface area contributed by atoms with E-state index in [-0.39, 0.29) is 5.56 Å². The van der Waals surface area contributed by atoms with Crippen LogP contribution in [-0.2, 0) is 0 Å². The summed E-state index contributed by atoms with van der Waals surface area (Å²) in [4.78, 5) is 20.5. The van der Waals surface area contributed by atoms with Gasteiger partial charge >= 0.3 is 0 Å². The molecule has 0 fully saturated rings. The summed E-state index contributed by atoms with van der Waals surface area (Å²) in [5, 5.41) is 9.93. The Labute approximate surface area is 83.4 Å². The number of nitro groups is 1. The molecular weight excluding hydrogens is 213 g/mol. The van der Waals surface area contributed by atoms with Crippen LogP contribution < -0.4 is 0 Å². The molecule has 1 aromatic rings. The molecule has 1 aromatic carbocycles. The number of rotatable bonds is 2. The largest absolute Gasteiger partial charge is 0.294 e. The van der Waals surface area contributed by atoms with Gasteiger partial charge in [0.2, 0.25) is 0 Å². The molecule has 0 aliphatic rings. The number of Topliss-reactive ketones (excluding diaryl/α,β-unsaturated/α-hetero) is 1. The normalized spacial score (nSPS) is 9.93. The van der Waals surface area contributed by atoms with Gasteiger partial charge in [0.05, 0.1) is 15.5 Å². The van der Waals surface area contributed by atoms with E-state index in [0.717, 1.165) is 19.1 Å². The number of halogens is 2. The lowest BCUT2D eigenvalue weighted by Gasteiger charge is -2.00. The summed E-state index contributed by atoms with van der Waals surface area (Å²) in [6.07, 6.45) is 0. The number of ketones is 1. The highest BCUT2D eigenvalue weighted by molar-refractivity contribution is 6.31. The lowest BCUT2D eigenvalue weighted by Crippen LogP contribution is -2.00. The SMILES string of the molecule is CC(=O)c1cc([N+](=O)[O-])cc(Cl)c1F. The van der Waals surface area contributed by atoms with Crippen LogP contribution in [0.15, 0.2) is 12.1 Å². The molecule has 1 rings (SSSR count). The zero-order valence-corrected chi connectivity index (χ0v) is 7.84. The van der Waals surface area contributed by atoms with Crippen LogP contribution in [-0.4, -0.2) is 10.7 Å². The summed E-state index contributed by atoms with van der Waals surface area (Å²) in [5.74, 6) is -1.53. The van der Waals surface area contributed by atoms with Crippen molar-refractivity contribution in [1.82, 2.24) is 0 Å². The van der Waals surface area contributed by atoms with Crippen LogP contribution in [0.25, 0.3) is 0 Å². The minimum absolute atomic E-state index is 0.371. The van der Waals surface area contributed by atoms with E-state index >= 15 is 0 Å². The number of non-ortho nitro benzene ring substituents is 1. The van der Waals surface area contributed by atoms with Crippen LogP contribution in [0.4, 0.5) is 10.1 Å². The molecule has 4 nitrogen and oxygen atoms in total. The topological polar surface area (TPSA) is 60.2 Å². The van der Waals surface area contributed by atoms with E-state index in [1.54, 1.807) is 0 Å². The predicted octanol–water partition coefficient (Wildman–Crippen LogP) is 2.59. The van der Waals surface area contributed by atoms with E-state index in [1.807, 2.05) is 0 Å². The average Bonchev–Trinajstić information content (AvgIpc) is 2.08. The van der Waals surface area contributed by atoms with Gasteiger partial charge in [-0.3, -0.25) is 14.9 Å². The maximum atomic E-state index is 13.1. The predicted molar refractivity (Wildman–Crippen MR) is 48.1 cm³/mol. The molecule has 0 bridgehead atoms. The van der Waals surface area contributed by atoms with Crippen molar-refractivity contribution in [2.75, 3.05) is 0 Å². The third kappa shape index (κ3) is 1.88. The highest BCUT2D eigenvalue weighted by Gasteiger charge is 2.17. The number of nitro benzene ring substituents is 1. The van der Waals surface area contributed by atoms with Gasteiger partial charge in [0, 0.05) is 12.1 Å². The molecule has 74 valence electrons. The third-order valence-electron chi connectivity index (χ3n) is 1.60. The number of hydrogen-bond acceptors (Lipinski definition) is 3. The highest BCUT2D eigenvalue weighted by Crippen LogP contribution is 2.25. The molecule has 0 aliphatic heterocycles. The first-order valence-electron chi connectivity index (χ1n) is 3.58. The first kappa shape index (κ1) is 10.6. The van der Waals surface area contributed by atoms with Gasteiger partial charge in [-0.25, -0.2) is 4.39 Å². The molecular formula is C8H5ClFNO3. The summed E-state index contributed by atoms with van der Waals surface area (Å²) < 4.78 is 13.1. The zero-order chi connectivity index (χ0) is 10.9. The van der Waals surface area contributed by atoms with Crippen LogP contribution in [0.2, 0.25) is 5.02 Å². The Bertz CT molecular complexity index is 419. The van der Waals surface area contributed by atoms with E-state index in [1.165, 1.54) is 0 Å².